The Morgan fingerprint density at radius 1 is 0.947 bits per heavy atom. The minimum Gasteiger partial charge on any atom is -0.448 e. The minimum absolute atomic E-state index is 0.684. The highest BCUT2D eigenvalue weighted by Gasteiger charge is 2.15. The van der Waals surface area contributed by atoms with Crippen molar-refractivity contribution in [2.24, 2.45) is 0 Å². The molecule has 2 aromatic rings. The molecule has 0 amide bonds. The third kappa shape index (κ3) is 3.68. The second kappa shape index (κ2) is 6.74. The highest BCUT2D eigenvalue weighted by atomic mass is 16.5. The van der Waals surface area contributed by atoms with Gasteiger partial charge in [0.25, 0.3) is 0 Å². The molecule has 0 N–H and O–H groups in total. The van der Waals surface area contributed by atoms with Crippen molar-refractivity contribution in [3.05, 3.63) is 66.2 Å². The Kier molecular flexibility index (Phi) is 4.73. The predicted octanol–water partition coefficient (Wildman–Crippen LogP) is 3.99. The smallest absolute Gasteiger partial charge is 0.339 e. The van der Waals surface area contributed by atoms with E-state index in [0.29, 0.717) is 6.61 Å². The van der Waals surface area contributed by atoms with E-state index < -0.39 is 0 Å². The molecule has 0 saturated carbocycles. The van der Waals surface area contributed by atoms with Crippen LogP contribution >= 0.6 is 0 Å². The second-order valence-corrected chi connectivity index (χ2v) is 4.36. The zero-order valence-corrected chi connectivity index (χ0v) is 11.5. The summed E-state index contributed by atoms with van der Waals surface area (Å²) in [6, 6.07) is 20.8. The first-order valence-electron chi connectivity index (χ1n) is 6.64. The van der Waals surface area contributed by atoms with E-state index in [1.807, 2.05) is 38.1 Å². The van der Waals surface area contributed by atoms with Crippen LogP contribution in [0, 0.1) is 0 Å². The molecule has 0 aliphatic rings. The van der Waals surface area contributed by atoms with Crippen molar-refractivity contribution in [2.45, 2.75) is 20.4 Å². The van der Waals surface area contributed by atoms with Gasteiger partial charge in [0.15, 0.2) is 6.54 Å². The van der Waals surface area contributed by atoms with E-state index in [1.54, 1.807) is 0 Å². The van der Waals surface area contributed by atoms with E-state index in [9.17, 15) is 0 Å². The van der Waals surface area contributed by atoms with Gasteiger partial charge in [-0.1, -0.05) is 48.5 Å². The number of rotatable bonds is 4. The SMILES string of the molecule is CCOC(C)=[N+](Cc1ccccc1)c1ccccc1. The molecule has 0 saturated heterocycles. The molecular formula is C17H20NO+. The van der Waals surface area contributed by atoms with Gasteiger partial charge in [-0.25, -0.2) is 0 Å². The Morgan fingerprint density at radius 3 is 2.11 bits per heavy atom. The Balaban J connectivity index is 2.33. The van der Waals surface area contributed by atoms with E-state index in [1.165, 1.54) is 5.56 Å². The van der Waals surface area contributed by atoms with Crippen LogP contribution < -0.4 is 0 Å². The van der Waals surface area contributed by atoms with Crippen molar-refractivity contribution in [2.75, 3.05) is 6.61 Å². The van der Waals surface area contributed by atoms with Crippen molar-refractivity contribution in [3.63, 3.8) is 0 Å². The van der Waals surface area contributed by atoms with E-state index in [0.717, 1.165) is 18.1 Å². The Morgan fingerprint density at radius 2 is 1.53 bits per heavy atom. The topological polar surface area (TPSA) is 12.2 Å². The fourth-order valence-corrected chi connectivity index (χ4v) is 2.05. The Labute approximate surface area is 115 Å². The van der Waals surface area contributed by atoms with Crippen LogP contribution in [0.5, 0.6) is 0 Å². The van der Waals surface area contributed by atoms with Gasteiger partial charge < -0.3 is 4.74 Å². The van der Waals surface area contributed by atoms with Crippen LogP contribution in [0.2, 0.25) is 0 Å². The number of nitrogens with zero attached hydrogens (tertiary/aromatic N) is 1. The van der Waals surface area contributed by atoms with Crippen molar-refractivity contribution in [1.29, 1.82) is 0 Å². The van der Waals surface area contributed by atoms with Crippen LogP contribution in [0.25, 0.3) is 0 Å². The quantitative estimate of drug-likeness (QED) is 0.456. The summed E-state index contributed by atoms with van der Waals surface area (Å²) in [7, 11) is 0. The van der Waals surface area contributed by atoms with Gasteiger partial charge in [0.2, 0.25) is 5.69 Å². The first-order valence-corrected chi connectivity index (χ1v) is 6.64. The maximum Gasteiger partial charge on any atom is 0.339 e. The summed E-state index contributed by atoms with van der Waals surface area (Å²) in [4.78, 5) is 0. The summed E-state index contributed by atoms with van der Waals surface area (Å²) in [6.45, 7) is 5.52. The van der Waals surface area contributed by atoms with E-state index in [2.05, 4.69) is 41.0 Å². The van der Waals surface area contributed by atoms with E-state index in [-0.39, 0.29) is 0 Å². The third-order valence-corrected chi connectivity index (χ3v) is 2.98. The number of ether oxygens (including phenoxy) is 1. The summed E-state index contributed by atoms with van der Waals surface area (Å²) >= 11 is 0. The molecule has 98 valence electrons. The molecule has 2 heteroatoms. The third-order valence-electron chi connectivity index (χ3n) is 2.98. The van der Waals surface area contributed by atoms with Gasteiger partial charge in [-0.2, -0.15) is 4.58 Å². The van der Waals surface area contributed by atoms with Crippen LogP contribution in [0.1, 0.15) is 19.4 Å². The van der Waals surface area contributed by atoms with Gasteiger partial charge in [0.1, 0.15) is 0 Å². The van der Waals surface area contributed by atoms with E-state index in [4.69, 9.17) is 4.74 Å². The molecule has 0 aliphatic heterocycles. The summed E-state index contributed by atoms with van der Waals surface area (Å²) in [6.07, 6.45) is 0. The predicted molar refractivity (Wildman–Crippen MR) is 78.8 cm³/mol. The molecule has 0 aromatic heterocycles. The van der Waals surface area contributed by atoms with Crippen molar-refractivity contribution in [3.8, 4) is 0 Å². The van der Waals surface area contributed by atoms with Gasteiger partial charge in [0.05, 0.1) is 13.5 Å². The molecule has 0 radical (unpaired) electrons. The molecule has 0 fully saturated rings. The Bertz CT molecular complexity index is 532. The standard InChI is InChI=1S/C17H20NO/c1-3-19-15(2)18(17-12-8-5-9-13-17)14-16-10-6-4-7-11-16/h4-13H,3,14H2,1-2H3/q+1. The fourth-order valence-electron chi connectivity index (χ4n) is 2.05. The molecule has 2 nitrogen and oxygen atoms in total. The first-order chi connectivity index (χ1) is 9.31. The van der Waals surface area contributed by atoms with Crippen molar-refractivity contribution >= 4 is 11.6 Å². The normalized spacial score (nSPS) is 11.9. The maximum atomic E-state index is 5.67. The summed E-state index contributed by atoms with van der Waals surface area (Å²) in [5.74, 6) is 0.928. The van der Waals surface area contributed by atoms with Gasteiger partial charge in [-0.3, -0.25) is 0 Å². The number of para-hydroxylation sites is 1. The van der Waals surface area contributed by atoms with Crippen LogP contribution in [-0.2, 0) is 11.3 Å². The summed E-state index contributed by atoms with van der Waals surface area (Å²) in [5.41, 5.74) is 2.42. The zero-order valence-electron chi connectivity index (χ0n) is 11.5. The van der Waals surface area contributed by atoms with E-state index >= 15 is 0 Å². The van der Waals surface area contributed by atoms with Gasteiger partial charge in [0, 0.05) is 17.7 Å². The zero-order chi connectivity index (χ0) is 13.5. The molecule has 0 bridgehead atoms. The summed E-state index contributed by atoms with van der Waals surface area (Å²) in [5, 5.41) is 0. The van der Waals surface area contributed by atoms with Gasteiger partial charge in [-0.05, 0) is 6.92 Å². The Hall–Kier alpha value is -2.09. The second-order valence-electron chi connectivity index (χ2n) is 4.36. The molecule has 0 aliphatic carbocycles. The molecular weight excluding hydrogens is 234 g/mol. The van der Waals surface area contributed by atoms with Crippen LogP contribution in [0.4, 0.5) is 5.69 Å². The lowest BCUT2D eigenvalue weighted by Gasteiger charge is -2.07. The maximum absolute atomic E-state index is 5.67. The van der Waals surface area contributed by atoms with Crippen LogP contribution in [0.3, 0.4) is 0 Å². The lowest BCUT2D eigenvalue weighted by molar-refractivity contribution is -0.468. The fraction of sp³-hybridized carbons (Fsp3) is 0.235. The average molecular weight is 254 g/mol. The van der Waals surface area contributed by atoms with Crippen molar-refractivity contribution < 1.29 is 9.31 Å². The summed E-state index contributed by atoms with van der Waals surface area (Å²) < 4.78 is 7.87. The lowest BCUT2D eigenvalue weighted by Crippen LogP contribution is -2.17. The van der Waals surface area contributed by atoms with Crippen LogP contribution in [0.15, 0.2) is 60.7 Å². The average Bonchev–Trinajstić information content (AvgIpc) is 2.47. The molecule has 0 spiro atoms. The number of benzene rings is 2. The monoisotopic (exact) mass is 254 g/mol. The number of hydrogen-bond donors (Lipinski definition) is 0. The first kappa shape index (κ1) is 13.3. The molecule has 2 rings (SSSR count). The van der Waals surface area contributed by atoms with Gasteiger partial charge >= 0.3 is 5.90 Å². The highest BCUT2D eigenvalue weighted by Crippen LogP contribution is 2.15. The molecule has 0 unspecified atom stereocenters. The van der Waals surface area contributed by atoms with Gasteiger partial charge in [-0.15, -0.1) is 0 Å². The largest absolute Gasteiger partial charge is 0.448 e. The molecule has 0 atom stereocenters. The molecule has 19 heavy (non-hydrogen) atoms. The van der Waals surface area contributed by atoms with Crippen molar-refractivity contribution in [1.82, 2.24) is 0 Å². The minimum atomic E-state index is 0.684. The lowest BCUT2D eigenvalue weighted by atomic mass is 10.2. The molecule has 0 heterocycles. The number of hydrogen-bond acceptors (Lipinski definition) is 1. The van der Waals surface area contributed by atoms with Crippen LogP contribution in [-0.4, -0.2) is 17.1 Å². The highest BCUT2D eigenvalue weighted by molar-refractivity contribution is 5.69. The molecule has 2 aromatic carbocycles.